The molecular formula is C17H11ClO2. The molecule has 0 amide bonds. The monoisotopic (exact) mass is 282 g/mol. The summed E-state index contributed by atoms with van der Waals surface area (Å²) >= 11 is 5.91. The molecule has 0 unspecified atom stereocenters. The first-order valence-electron chi connectivity index (χ1n) is 6.08. The molecule has 0 atom stereocenters. The largest absolute Gasteiger partial charge is 0.456 e. The third-order valence-electron chi connectivity index (χ3n) is 3.24. The molecule has 0 aliphatic rings. The summed E-state index contributed by atoms with van der Waals surface area (Å²) in [5.74, 6) is 0.345. The van der Waals surface area contributed by atoms with Crippen LogP contribution in [-0.4, -0.2) is 0 Å². The van der Waals surface area contributed by atoms with Crippen molar-refractivity contribution < 1.29 is 4.42 Å². The summed E-state index contributed by atoms with van der Waals surface area (Å²) in [6.07, 6.45) is 1.47. The quantitative estimate of drug-likeness (QED) is 0.632. The van der Waals surface area contributed by atoms with Gasteiger partial charge < -0.3 is 4.42 Å². The van der Waals surface area contributed by atoms with Crippen LogP contribution in [0.4, 0.5) is 0 Å². The van der Waals surface area contributed by atoms with E-state index >= 15 is 0 Å². The summed E-state index contributed by atoms with van der Waals surface area (Å²) in [6, 6.07) is 11.4. The SMILES string of the molecule is C=Cc1oc2cc3ccccc3cc2c(=O)c1C(=C)Cl. The van der Waals surface area contributed by atoms with E-state index in [0.29, 0.717) is 16.7 Å². The van der Waals surface area contributed by atoms with Crippen LogP contribution in [0.25, 0.3) is 32.8 Å². The van der Waals surface area contributed by atoms with Crippen molar-refractivity contribution in [1.29, 1.82) is 0 Å². The molecule has 2 nitrogen and oxygen atoms in total. The first-order chi connectivity index (χ1) is 9.61. The van der Waals surface area contributed by atoms with Gasteiger partial charge in [-0.05, 0) is 29.0 Å². The molecule has 3 heteroatoms. The van der Waals surface area contributed by atoms with E-state index in [1.165, 1.54) is 6.08 Å². The summed E-state index contributed by atoms with van der Waals surface area (Å²) in [7, 11) is 0. The normalized spacial score (nSPS) is 10.8. The van der Waals surface area contributed by atoms with Gasteiger partial charge in [-0.1, -0.05) is 49.0 Å². The summed E-state index contributed by atoms with van der Waals surface area (Å²) < 4.78 is 5.73. The van der Waals surface area contributed by atoms with Crippen molar-refractivity contribution >= 4 is 44.5 Å². The fourth-order valence-corrected chi connectivity index (χ4v) is 2.48. The molecule has 1 aromatic heterocycles. The molecule has 3 aromatic rings. The topological polar surface area (TPSA) is 30.2 Å². The third-order valence-corrected chi connectivity index (χ3v) is 3.43. The van der Waals surface area contributed by atoms with Gasteiger partial charge >= 0.3 is 0 Å². The van der Waals surface area contributed by atoms with Crippen molar-refractivity contribution in [3.05, 3.63) is 71.1 Å². The predicted molar refractivity (Wildman–Crippen MR) is 85.0 cm³/mol. The van der Waals surface area contributed by atoms with E-state index in [0.717, 1.165) is 10.8 Å². The van der Waals surface area contributed by atoms with Crippen LogP contribution in [0.15, 0.2) is 58.8 Å². The Morgan fingerprint density at radius 3 is 2.45 bits per heavy atom. The smallest absolute Gasteiger partial charge is 0.202 e. The zero-order valence-electron chi connectivity index (χ0n) is 10.7. The average Bonchev–Trinajstić information content (AvgIpc) is 2.44. The fraction of sp³-hybridized carbons (Fsp3) is 0. The van der Waals surface area contributed by atoms with Gasteiger partial charge in [0.25, 0.3) is 0 Å². The molecule has 0 spiro atoms. The maximum atomic E-state index is 12.5. The Morgan fingerprint density at radius 1 is 1.20 bits per heavy atom. The van der Waals surface area contributed by atoms with Crippen molar-refractivity contribution in [2.75, 3.05) is 0 Å². The Morgan fingerprint density at radius 2 is 1.85 bits per heavy atom. The van der Waals surface area contributed by atoms with Crippen molar-refractivity contribution in [2.24, 2.45) is 0 Å². The van der Waals surface area contributed by atoms with Crippen LogP contribution in [-0.2, 0) is 0 Å². The van der Waals surface area contributed by atoms with E-state index in [1.54, 1.807) is 0 Å². The number of hydrogen-bond acceptors (Lipinski definition) is 2. The number of benzene rings is 2. The molecule has 0 bridgehead atoms. The highest BCUT2D eigenvalue weighted by Gasteiger charge is 2.14. The van der Waals surface area contributed by atoms with Crippen molar-refractivity contribution in [3.63, 3.8) is 0 Å². The minimum Gasteiger partial charge on any atom is -0.456 e. The van der Waals surface area contributed by atoms with Crippen molar-refractivity contribution in [1.82, 2.24) is 0 Å². The van der Waals surface area contributed by atoms with Gasteiger partial charge in [-0.25, -0.2) is 0 Å². The maximum absolute atomic E-state index is 12.5. The van der Waals surface area contributed by atoms with Crippen molar-refractivity contribution in [2.45, 2.75) is 0 Å². The zero-order chi connectivity index (χ0) is 14.3. The minimum absolute atomic E-state index is 0.156. The summed E-state index contributed by atoms with van der Waals surface area (Å²) in [4.78, 5) is 12.5. The van der Waals surface area contributed by atoms with Gasteiger partial charge in [-0.15, -0.1) is 0 Å². The van der Waals surface area contributed by atoms with E-state index in [9.17, 15) is 4.79 Å². The zero-order valence-corrected chi connectivity index (χ0v) is 11.4. The Hall–Kier alpha value is -2.32. The number of fused-ring (bicyclic) bond motifs is 2. The molecule has 1 heterocycles. The standard InChI is InChI=1S/C17H11ClO2/c1-3-14-16(10(2)18)17(19)13-8-11-6-4-5-7-12(11)9-15(13)20-14/h3-9H,1-2H2. The van der Waals surface area contributed by atoms with Crippen LogP contribution in [0.3, 0.4) is 0 Å². The van der Waals surface area contributed by atoms with Gasteiger partial charge in [0.1, 0.15) is 11.3 Å². The Labute approximate surface area is 120 Å². The molecule has 0 fully saturated rings. The highest BCUT2D eigenvalue weighted by molar-refractivity contribution is 6.48. The molecule has 98 valence electrons. The second kappa shape index (κ2) is 4.66. The molecular weight excluding hydrogens is 272 g/mol. The lowest BCUT2D eigenvalue weighted by atomic mass is 10.0. The van der Waals surface area contributed by atoms with E-state index in [1.807, 2.05) is 36.4 Å². The lowest BCUT2D eigenvalue weighted by molar-refractivity contribution is 0.589. The van der Waals surface area contributed by atoms with E-state index in [2.05, 4.69) is 13.2 Å². The Kier molecular flexibility index (Phi) is 2.96. The molecule has 0 aliphatic heterocycles. The summed E-state index contributed by atoms with van der Waals surface area (Å²) in [6.45, 7) is 7.27. The molecule has 0 aliphatic carbocycles. The maximum Gasteiger partial charge on any atom is 0.202 e. The van der Waals surface area contributed by atoms with Crippen LogP contribution in [0, 0.1) is 0 Å². The molecule has 2 aromatic carbocycles. The molecule has 3 rings (SSSR count). The van der Waals surface area contributed by atoms with E-state index < -0.39 is 0 Å². The number of halogens is 1. The Balaban J connectivity index is 2.53. The summed E-state index contributed by atoms with van der Waals surface area (Å²) in [5.41, 5.74) is 0.599. The number of rotatable bonds is 2. The van der Waals surface area contributed by atoms with Gasteiger partial charge in [0.15, 0.2) is 0 Å². The highest BCUT2D eigenvalue weighted by Crippen LogP contribution is 2.26. The number of hydrogen-bond donors (Lipinski definition) is 0. The lowest BCUT2D eigenvalue weighted by Crippen LogP contribution is -2.09. The fourth-order valence-electron chi connectivity index (χ4n) is 2.30. The molecule has 0 saturated carbocycles. The van der Waals surface area contributed by atoms with Gasteiger partial charge in [0, 0.05) is 5.03 Å². The summed E-state index contributed by atoms with van der Waals surface area (Å²) in [5, 5.41) is 2.63. The van der Waals surface area contributed by atoms with Crippen LogP contribution in [0.2, 0.25) is 0 Å². The first-order valence-corrected chi connectivity index (χ1v) is 6.46. The minimum atomic E-state index is -0.188. The lowest BCUT2D eigenvalue weighted by Gasteiger charge is -2.07. The highest BCUT2D eigenvalue weighted by atomic mass is 35.5. The predicted octanol–water partition coefficient (Wildman–Crippen LogP) is 4.80. The first kappa shape index (κ1) is 12.7. The average molecular weight is 283 g/mol. The Bertz CT molecular complexity index is 919. The third kappa shape index (κ3) is 1.86. The second-order valence-electron chi connectivity index (χ2n) is 4.47. The second-order valence-corrected chi connectivity index (χ2v) is 4.93. The van der Waals surface area contributed by atoms with E-state index in [4.69, 9.17) is 16.0 Å². The van der Waals surface area contributed by atoms with Crippen LogP contribution < -0.4 is 5.43 Å². The van der Waals surface area contributed by atoms with Gasteiger partial charge in [-0.2, -0.15) is 0 Å². The van der Waals surface area contributed by atoms with Crippen LogP contribution in [0.1, 0.15) is 11.3 Å². The molecule has 0 saturated heterocycles. The van der Waals surface area contributed by atoms with Gasteiger partial charge in [0.05, 0.1) is 10.9 Å². The van der Waals surface area contributed by atoms with Gasteiger partial charge in [-0.3, -0.25) is 4.79 Å². The van der Waals surface area contributed by atoms with Crippen LogP contribution in [0.5, 0.6) is 0 Å². The molecule has 20 heavy (non-hydrogen) atoms. The molecule has 0 radical (unpaired) electrons. The van der Waals surface area contributed by atoms with Crippen molar-refractivity contribution in [3.8, 4) is 0 Å². The molecule has 0 N–H and O–H groups in total. The van der Waals surface area contributed by atoms with Crippen LogP contribution >= 0.6 is 11.6 Å². The van der Waals surface area contributed by atoms with E-state index in [-0.39, 0.29) is 16.0 Å². The van der Waals surface area contributed by atoms with Gasteiger partial charge in [0.2, 0.25) is 5.43 Å².